The SMILES string of the molecule is CN(C)[C@@H]1CCCN(Cc2ccc(C(=O)NCc3ccc4c(c3)OCO4)c(=O)[nH]2)C1. The molecule has 4 rings (SSSR count). The molecule has 0 bridgehead atoms. The Morgan fingerprint density at radius 3 is 2.87 bits per heavy atom. The highest BCUT2D eigenvalue weighted by atomic mass is 16.7. The van der Waals surface area contributed by atoms with E-state index in [9.17, 15) is 9.59 Å². The lowest BCUT2D eigenvalue weighted by Crippen LogP contribution is -2.44. The van der Waals surface area contributed by atoms with Crippen molar-refractivity contribution in [2.75, 3.05) is 34.0 Å². The van der Waals surface area contributed by atoms with Crippen LogP contribution in [0.4, 0.5) is 0 Å². The summed E-state index contributed by atoms with van der Waals surface area (Å²) in [5.74, 6) is 0.965. The van der Waals surface area contributed by atoms with E-state index in [0.717, 1.165) is 30.8 Å². The van der Waals surface area contributed by atoms with Crippen molar-refractivity contribution in [2.24, 2.45) is 0 Å². The van der Waals surface area contributed by atoms with Crippen LogP contribution < -0.4 is 20.3 Å². The van der Waals surface area contributed by atoms with E-state index >= 15 is 0 Å². The summed E-state index contributed by atoms with van der Waals surface area (Å²) in [6.07, 6.45) is 2.34. The second-order valence-electron chi connectivity index (χ2n) is 8.09. The van der Waals surface area contributed by atoms with Crippen molar-refractivity contribution in [1.29, 1.82) is 0 Å². The van der Waals surface area contributed by atoms with Gasteiger partial charge in [-0.15, -0.1) is 0 Å². The molecule has 2 N–H and O–H groups in total. The number of hydrogen-bond acceptors (Lipinski definition) is 6. The van der Waals surface area contributed by atoms with Gasteiger partial charge in [0.2, 0.25) is 6.79 Å². The van der Waals surface area contributed by atoms with Crippen LogP contribution >= 0.6 is 0 Å². The number of H-pyrrole nitrogens is 1. The molecule has 0 spiro atoms. The summed E-state index contributed by atoms with van der Waals surface area (Å²) in [5, 5.41) is 2.80. The number of nitrogens with one attached hydrogen (secondary N) is 2. The number of aromatic nitrogens is 1. The zero-order valence-electron chi connectivity index (χ0n) is 17.4. The molecule has 8 nitrogen and oxygen atoms in total. The number of amides is 1. The molecule has 0 aliphatic carbocycles. The molecule has 0 unspecified atom stereocenters. The molecule has 0 saturated carbocycles. The molecule has 2 aliphatic rings. The van der Waals surface area contributed by atoms with E-state index in [4.69, 9.17) is 9.47 Å². The largest absolute Gasteiger partial charge is 0.454 e. The highest BCUT2D eigenvalue weighted by Gasteiger charge is 2.22. The molecule has 0 radical (unpaired) electrons. The minimum atomic E-state index is -0.397. The van der Waals surface area contributed by atoms with Crippen molar-refractivity contribution in [3.8, 4) is 11.5 Å². The summed E-state index contributed by atoms with van der Waals surface area (Å²) in [7, 11) is 4.21. The quantitative estimate of drug-likeness (QED) is 0.749. The number of aromatic amines is 1. The van der Waals surface area contributed by atoms with E-state index in [1.807, 2.05) is 24.3 Å². The lowest BCUT2D eigenvalue weighted by Gasteiger charge is -2.36. The van der Waals surface area contributed by atoms with Crippen LogP contribution in [0, 0.1) is 0 Å². The maximum Gasteiger partial charge on any atom is 0.261 e. The first-order chi connectivity index (χ1) is 14.5. The number of hydrogen-bond donors (Lipinski definition) is 2. The molecule has 1 amide bonds. The second-order valence-corrected chi connectivity index (χ2v) is 8.09. The number of fused-ring (bicyclic) bond motifs is 1. The number of rotatable bonds is 6. The van der Waals surface area contributed by atoms with Gasteiger partial charge in [0.15, 0.2) is 11.5 Å². The number of ether oxygens (including phenoxy) is 2. The maximum atomic E-state index is 12.5. The highest BCUT2D eigenvalue weighted by Crippen LogP contribution is 2.32. The third-order valence-electron chi connectivity index (χ3n) is 5.71. The van der Waals surface area contributed by atoms with E-state index < -0.39 is 5.91 Å². The lowest BCUT2D eigenvalue weighted by molar-refractivity contribution is 0.0949. The lowest BCUT2D eigenvalue weighted by atomic mass is 10.0. The predicted octanol–water partition coefficient (Wildman–Crippen LogP) is 1.56. The molecule has 1 fully saturated rings. The minimum absolute atomic E-state index is 0.115. The van der Waals surface area contributed by atoms with Gasteiger partial charge >= 0.3 is 0 Å². The molecule has 1 atom stereocenters. The summed E-state index contributed by atoms with van der Waals surface area (Å²) in [4.78, 5) is 32.4. The van der Waals surface area contributed by atoms with Gasteiger partial charge in [0, 0.05) is 31.4 Å². The van der Waals surface area contributed by atoms with Crippen molar-refractivity contribution in [3.05, 3.63) is 57.5 Å². The second kappa shape index (κ2) is 8.89. The number of pyridine rings is 1. The predicted molar refractivity (Wildman–Crippen MR) is 113 cm³/mol. The topological polar surface area (TPSA) is 86.9 Å². The Kier molecular flexibility index (Phi) is 6.06. The van der Waals surface area contributed by atoms with E-state index in [-0.39, 0.29) is 17.9 Å². The molecule has 1 saturated heterocycles. The fourth-order valence-electron chi connectivity index (χ4n) is 3.95. The van der Waals surface area contributed by atoms with Crippen LogP contribution in [-0.4, -0.2) is 60.7 Å². The van der Waals surface area contributed by atoms with Gasteiger partial charge in [0.05, 0.1) is 0 Å². The van der Waals surface area contributed by atoms with Crippen LogP contribution in [-0.2, 0) is 13.1 Å². The van der Waals surface area contributed by atoms with Gasteiger partial charge in [-0.3, -0.25) is 14.5 Å². The average Bonchev–Trinajstić information content (AvgIpc) is 3.20. The number of likely N-dealkylation sites (tertiary alicyclic amines) is 1. The number of nitrogens with zero attached hydrogens (tertiary/aromatic N) is 2. The molecule has 8 heteroatoms. The van der Waals surface area contributed by atoms with Gasteiger partial charge < -0.3 is 24.7 Å². The first-order valence-electron chi connectivity index (χ1n) is 10.3. The first kappa shape index (κ1) is 20.4. The third kappa shape index (κ3) is 4.66. The summed E-state index contributed by atoms with van der Waals surface area (Å²) in [5.41, 5.74) is 1.45. The Labute approximate surface area is 175 Å². The van der Waals surface area contributed by atoms with Crippen LogP contribution in [0.15, 0.2) is 35.1 Å². The summed E-state index contributed by atoms with van der Waals surface area (Å²) >= 11 is 0. The average molecular weight is 412 g/mol. The zero-order valence-corrected chi connectivity index (χ0v) is 17.4. The molecule has 2 aliphatic heterocycles. The van der Waals surface area contributed by atoms with Gasteiger partial charge in [0.25, 0.3) is 11.5 Å². The standard InChI is InChI=1S/C22H28N4O4/c1-25(2)17-4-3-9-26(13-17)12-16-6-7-18(22(28)24-16)21(27)23-11-15-5-8-19-20(10-15)30-14-29-19/h5-8,10,17H,3-4,9,11-14H2,1-2H3,(H,23,27)(H,24,28)/t17-/m1/s1. The van der Waals surface area contributed by atoms with E-state index in [1.165, 1.54) is 6.42 Å². The summed E-state index contributed by atoms with van der Waals surface area (Å²) in [6.45, 7) is 3.19. The van der Waals surface area contributed by atoms with Crippen molar-refractivity contribution < 1.29 is 14.3 Å². The summed E-state index contributed by atoms with van der Waals surface area (Å²) in [6, 6.07) is 9.47. The Balaban J connectivity index is 1.35. The van der Waals surface area contributed by atoms with Gasteiger partial charge in [0.1, 0.15) is 5.56 Å². The molecule has 1 aromatic carbocycles. The van der Waals surface area contributed by atoms with Crippen LogP contribution in [0.5, 0.6) is 11.5 Å². The molecular formula is C22H28N4O4. The monoisotopic (exact) mass is 412 g/mol. The summed E-state index contributed by atoms with van der Waals surface area (Å²) < 4.78 is 10.6. The van der Waals surface area contributed by atoms with E-state index in [0.29, 0.717) is 30.6 Å². The van der Waals surface area contributed by atoms with Crippen molar-refractivity contribution in [1.82, 2.24) is 20.1 Å². The third-order valence-corrected chi connectivity index (χ3v) is 5.71. The normalized spacial score (nSPS) is 18.6. The number of benzene rings is 1. The molecular weight excluding hydrogens is 384 g/mol. The highest BCUT2D eigenvalue weighted by molar-refractivity contribution is 5.93. The van der Waals surface area contributed by atoms with Crippen LogP contribution in [0.1, 0.15) is 34.5 Å². The smallest absolute Gasteiger partial charge is 0.261 e. The van der Waals surface area contributed by atoms with E-state index in [1.54, 1.807) is 6.07 Å². The first-order valence-corrected chi connectivity index (χ1v) is 10.3. The number of likely N-dealkylation sites (N-methyl/N-ethyl adjacent to an activating group) is 1. The maximum absolute atomic E-state index is 12.5. The van der Waals surface area contributed by atoms with Crippen LogP contribution in [0.25, 0.3) is 0 Å². The number of carbonyl (C=O) groups excluding carboxylic acids is 1. The van der Waals surface area contributed by atoms with Gasteiger partial charge in [-0.05, 0) is 63.3 Å². The van der Waals surface area contributed by atoms with Crippen LogP contribution in [0.2, 0.25) is 0 Å². The van der Waals surface area contributed by atoms with Crippen molar-refractivity contribution in [2.45, 2.75) is 32.0 Å². The molecule has 160 valence electrons. The van der Waals surface area contributed by atoms with Gasteiger partial charge in [-0.25, -0.2) is 0 Å². The van der Waals surface area contributed by atoms with Gasteiger partial charge in [-0.1, -0.05) is 6.07 Å². The Morgan fingerprint density at radius 1 is 1.23 bits per heavy atom. The minimum Gasteiger partial charge on any atom is -0.454 e. The van der Waals surface area contributed by atoms with E-state index in [2.05, 4.69) is 34.2 Å². The molecule has 30 heavy (non-hydrogen) atoms. The molecule has 1 aromatic heterocycles. The fourth-order valence-corrected chi connectivity index (χ4v) is 3.95. The molecule has 3 heterocycles. The van der Waals surface area contributed by atoms with Gasteiger partial charge in [-0.2, -0.15) is 0 Å². The molecule has 2 aromatic rings. The van der Waals surface area contributed by atoms with Crippen molar-refractivity contribution >= 4 is 5.91 Å². The Morgan fingerprint density at radius 2 is 2.07 bits per heavy atom. The zero-order chi connectivity index (χ0) is 21.1. The number of piperidine rings is 1. The Hall–Kier alpha value is -2.84. The number of carbonyl (C=O) groups is 1. The fraction of sp³-hybridized carbons (Fsp3) is 0.455. The van der Waals surface area contributed by atoms with Crippen molar-refractivity contribution in [3.63, 3.8) is 0 Å². The Bertz CT molecular complexity index is 972. The van der Waals surface area contributed by atoms with Crippen LogP contribution in [0.3, 0.4) is 0 Å².